The summed E-state index contributed by atoms with van der Waals surface area (Å²) in [5.41, 5.74) is 1.61. The summed E-state index contributed by atoms with van der Waals surface area (Å²) in [4.78, 5) is 7.92. The van der Waals surface area contributed by atoms with E-state index in [1.807, 2.05) is 30.3 Å². The van der Waals surface area contributed by atoms with Crippen molar-refractivity contribution in [1.29, 1.82) is 0 Å². The minimum absolute atomic E-state index is 0.0233. The van der Waals surface area contributed by atoms with Crippen LogP contribution in [0.1, 0.15) is 11.4 Å². The van der Waals surface area contributed by atoms with Crippen molar-refractivity contribution in [1.82, 2.24) is 40.3 Å². The Bertz CT molecular complexity index is 1530. The molecule has 40 heavy (non-hydrogen) atoms. The number of ether oxygens (including phenoxy) is 1. The van der Waals surface area contributed by atoms with Gasteiger partial charge in [-0.25, -0.2) is 18.2 Å². The highest BCUT2D eigenvalue weighted by molar-refractivity contribution is 7.91. The fourth-order valence-electron chi connectivity index (χ4n) is 3.77. The molecule has 1 aliphatic heterocycles. The summed E-state index contributed by atoms with van der Waals surface area (Å²) in [6.07, 6.45) is -4.43. The molecule has 0 radical (unpaired) electrons. The molecule has 0 bridgehead atoms. The number of aliphatic hydroxyl groups is 4. The lowest BCUT2D eigenvalue weighted by molar-refractivity contribution is -0.303. The van der Waals surface area contributed by atoms with E-state index in [0.29, 0.717) is 11.4 Å². The van der Waals surface area contributed by atoms with Crippen molar-refractivity contribution in [2.24, 2.45) is 5.14 Å². The van der Waals surface area contributed by atoms with Crippen LogP contribution in [0.25, 0.3) is 5.69 Å². The normalized spacial score (nSPS) is 23.3. The van der Waals surface area contributed by atoms with Gasteiger partial charge in [-0.15, -0.1) is 20.4 Å². The predicted molar refractivity (Wildman–Crippen MR) is 133 cm³/mol. The van der Waals surface area contributed by atoms with Crippen molar-refractivity contribution in [2.45, 2.75) is 48.1 Å². The molecule has 6 N–H and O–H groups in total. The standard InChI is InChI=1S/C20H24N10O8S2/c21-40(35,36)20-25-24-19(39-20)28(6-11-8-29(26-22-11)13-4-2-1-3-5-13)7-12-9-30(27-23-12)38-18-17(34)16(33)15(32)14(10-31)37-18/h1-5,8-9,14-18,31-34H,6-7,10H2,(H2,21,35,36)/t14-,15-,16+,17-,18+/m1/s1. The zero-order chi connectivity index (χ0) is 28.4. The van der Waals surface area contributed by atoms with Gasteiger partial charge in [0.05, 0.1) is 37.8 Å². The average molecular weight is 597 g/mol. The van der Waals surface area contributed by atoms with Gasteiger partial charge in [0.1, 0.15) is 35.8 Å². The summed E-state index contributed by atoms with van der Waals surface area (Å²) >= 11 is 0.750. The maximum atomic E-state index is 11.8. The summed E-state index contributed by atoms with van der Waals surface area (Å²) < 4.78 is 30.1. The molecular weight excluding hydrogens is 572 g/mol. The van der Waals surface area contributed by atoms with Crippen LogP contribution in [0.2, 0.25) is 0 Å². The first kappa shape index (κ1) is 27.9. The second kappa shape index (κ2) is 11.5. The number of hydrogen-bond acceptors (Lipinski definition) is 16. The summed E-state index contributed by atoms with van der Waals surface area (Å²) in [7, 11) is -4.09. The SMILES string of the molecule is NS(=O)(=O)c1nnc(N(Cc2cn(O[C@@H]3O[C@H](CO)[C@@H](O)[C@H](O)[C@H]3O)nn2)Cc2cn(-c3ccccc3)nn2)s1. The predicted octanol–water partition coefficient (Wildman–Crippen LogP) is -3.21. The fraction of sp³-hybridized carbons (Fsp3) is 0.400. The maximum Gasteiger partial charge on any atom is 0.267 e. The van der Waals surface area contributed by atoms with Crippen molar-refractivity contribution >= 4 is 26.5 Å². The first-order chi connectivity index (χ1) is 19.1. The second-order valence-electron chi connectivity index (χ2n) is 8.66. The van der Waals surface area contributed by atoms with Crippen molar-refractivity contribution in [3.63, 3.8) is 0 Å². The Morgan fingerprint density at radius 2 is 1.68 bits per heavy atom. The number of hydrogen-bond donors (Lipinski definition) is 5. The van der Waals surface area contributed by atoms with E-state index in [-0.39, 0.29) is 22.6 Å². The molecular formula is C20H24N10O8S2. The molecule has 0 unspecified atom stereocenters. The lowest BCUT2D eigenvalue weighted by atomic mass is 9.99. The zero-order valence-corrected chi connectivity index (χ0v) is 22.0. The van der Waals surface area contributed by atoms with Crippen LogP contribution in [0, 0.1) is 0 Å². The Labute approximate surface area is 229 Å². The smallest absolute Gasteiger partial charge is 0.267 e. The molecule has 18 nitrogen and oxygen atoms in total. The lowest BCUT2D eigenvalue weighted by Gasteiger charge is -2.38. The van der Waals surface area contributed by atoms with E-state index >= 15 is 0 Å². The molecule has 1 saturated heterocycles. The molecule has 0 saturated carbocycles. The van der Waals surface area contributed by atoms with Crippen LogP contribution in [0.4, 0.5) is 5.13 Å². The van der Waals surface area contributed by atoms with Crippen LogP contribution in [-0.4, -0.2) is 107 Å². The Morgan fingerprint density at radius 3 is 2.35 bits per heavy atom. The van der Waals surface area contributed by atoms with E-state index < -0.39 is 47.3 Å². The van der Waals surface area contributed by atoms with Crippen LogP contribution in [0.5, 0.6) is 0 Å². The van der Waals surface area contributed by atoms with Crippen LogP contribution in [0.3, 0.4) is 0 Å². The highest BCUT2D eigenvalue weighted by atomic mass is 32.2. The highest BCUT2D eigenvalue weighted by Gasteiger charge is 2.45. The minimum atomic E-state index is -4.09. The summed E-state index contributed by atoms with van der Waals surface area (Å²) in [6.45, 7) is -0.484. The molecule has 0 aliphatic carbocycles. The summed E-state index contributed by atoms with van der Waals surface area (Å²) in [5.74, 6) is 0. The van der Waals surface area contributed by atoms with Gasteiger partial charge in [-0.3, -0.25) is 0 Å². The van der Waals surface area contributed by atoms with Gasteiger partial charge in [-0.1, -0.05) is 39.6 Å². The van der Waals surface area contributed by atoms with E-state index in [1.54, 1.807) is 15.8 Å². The Hall–Kier alpha value is -3.63. The highest BCUT2D eigenvalue weighted by Crippen LogP contribution is 2.26. The topological polar surface area (TPSA) is 250 Å². The molecule has 0 spiro atoms. The van der Waals surface area contributed by atoms with Gasteiger partial charge in [0.15, 0.2) is 0 Å². The van der Waals surface area contributed by atoms with Gasteiger partial charge >= 0.3 is 0 Å². The molecule has 5 atom stereocenters. The average Bonchev–Trinajstić information content (AvgIpc) is 3.70. The lowest BCUT2D eigenvalue weighted by Crippen LogP contribution is -2.61. The van der Waals surface area contributed by atoms with Gasteiger partial charge in [0.2, 0.25) is 9.47 Å². The number of aromatic nitrogens is 8. The largest absolute Gasteiger partial charge is 0.394 e. The third-order valence-corrected chi connectivity index (χ3v) is 8.05. The fourth-order valence-corrected chi connectivity index (χ4v) is 5.19. The zero-order valence-electron chi connectivity index (χ0n) is 20.4. The first-order valence-corrected chi connectivity index (χ1v) is 14.0. The maximum absolute atomic E-state index is 11.8. The second-order valence-corrected chi connectivity index (χ2v) is 11.3. The van der Waals surface area contributed by atoms with Crippen LogP contribution >= 0.6 is 11.3 Å². The van der Waals surface area contributed by atoms with E-state index in [0.717, 1.165) is 21.9 Å². The third-order valence-electron chi connectivity index (χ3n) is 5.76. The number of nitrogens with two attached hydrogens (primary N) is 1. The van der Waals surface area contributed by atoms with Crippen molar-refractivity contribution < 1.29 is 38.4 Å². The Kier molecular flexibility index (Phi) is 8.00. The van der Waals surface area contributed by atoms with E-state index in [9.17, 15) is 28.8 Å². The Balaban J connectivity index is 1.35. The summed E-state index contributed by atoms with van der Waals surface area (Å²) in [6, 6.07) is 9.29. The number of aliphatic hydroxyl groups excluding tert-OH is 4. The molecule has 4 aromatic rings. The van der Waals surface area contributed by atoms with Gasteiger partial charge in [-0.2, -0.15) is 0 Å². The van der Waals surface area contributed by atoms with E-state index in [4.69, 9.17) is 14.7 Å². The third kappa shape index (κ3) is 6.08. The van der Waals surface area contributed by atoms with Crippen LogP contribution < -0.4 is 14.9 Å². The molecule has 20 heteroatoms. The van der Waals surface area contributed by atoms with Crippen molar-refractivity contribution in [3.05, 3.63) is 54.1 Å². The monoisotopic (exact) mass is 596 g/mol. The quantitative estimate of drug-likeness (QED) is 0.121. The number of sulfonamides is 1. The van der Waals surface area contributed by atoms with Gasteiger partial charge in [0.25, 0.3) is 16.3 Å². The van der Waals surface area contributed by atoms with Crippen molar-refractivity contribution in [3.8, 4) is 5.69 Å². The first-order valence-electron chi connectivity index (χ1n) is 11.6. The molecule has 3 aromatic heterocycles. The number of benzene rings is 1. The van der Waals surface area contributed by atoms with Crippen LogP contribution in [-0.2, 0) is 27.8 Å². The van der Waals surface area contributed by atoms with E-state index in [1.165, 1.54) is 6.20 Å². The molecule has 1 fully saturated rings. The number of para-hydroxylation sites is 1. The van der Waals surface area contributed by atoms with Gasteiger partial charge in [-0.05, 0) is 17.3 Å². The van der Waals surface area contributed by atoms with E-state index in [2.05, 4.69) is 30.8 Å². The van der Waals surface area contributed by atoms with Crippen LogP contribution in [0.15, 0.2) is 47.1 Å². The molecule has 0 amide bonds. The molecule has 4 heterocycles. The Morgan fingerprint density at radius 1 is 0.975 bits per heavy atom. The number of nitrogens with zero attached hydrogens (tertiary/aromatic N) is 9. The molecule has 1 aromatic carbocycles. The van der Waals surface area contributed by atoms with Crippen molar-refractivity contribution in [2.75, 3.05) is 11.5 Å². The molecule has 1 aliphatic rings. The molecule has 214 valence electrons. The minimum Gasteiger partial charge on any atom is -0.394 e. The van der Waals surface area contributed by atoms with Gasteiger partial charge in [0, 0.05) is 0 Å². The molecule has 5 rings (SSSR count). The number of primary sulfonamides is 1. The number of rotatable bonds is 10. The van der Waals surface area contributed by atoms with Gasteiger partial charge < -0.3 is 34.9 Å². The number of anilines is 1. The summed E-state index contributed by atoms with van der Waals surface area (Å²) in [5, 5.41) is 68.6.